The summed E-state index contributed by atoms with van der Waals surface area (Å²) < 4.78 is 34.6. The Balaban J connectivity index is 1.25. The van der Waals surface area contributed by atoms with Crippen molar-refractivity contribution in [2.75, 3.05) is 19.7 Å². The van der Waals surface area contributed by atoms with Gasteiger partial charge in [0.1, 0.15) is 6.61 Å². The quantitative estimate of drug-likeness (QED) is 0.423. The monoisotopic (exact) mass is 485 g/mol. The van der Waals surface area contributed by atoms with Gasteiger partial charge in [0.2, 0.25) is 0 Å². The maximum absolute atomic E-state index is 14.2. The lowest BCUT2D eigenvalue weighted by Gasteiger charge is -2.18. The van der Waals surface area contributed by atoms with Crippen LogP contribution in [0.2, 0.25) is 0 Å². The molecule has 0 radical (unpaired) electrons. The highest BCUT2D eigenvalue weighted by molar-refractivity contribution is 5.85. The highest BCUT2D eigenvalue weighted by Gasteiger charge is 2.39. The summed E-state index contributed by atoms with van der Waals surface area (Å²) in [6.45, 7) is -1.61. The molecule has 3 N–H and O–H groups in total. The van der Waals surface area contributed by atoms with Crippen molar-refractivity contribution in [3.63, 3.8) is 0 Å². The number of alkyl carbamates (subject to hydrolysis) is 1. The third kappa shape index (κ3) is 5.26. The van der Waals surface area contributed by atoms with E-state index in [2.05, 4.69) is 10.3 Å². The van der Waals surface area contributed by atoms with E-state index in [0.29, 0.717) is 0 Å². The van der Waals surface area contributed by atoms with Crippen molar-refractivity contribution in [3.8, 4) is 11.1 Å². The number of aromatic carboxylic acids is 1. The van der Waals surface area contributed by atoms with Crippen molar-refractivity contribution in [2.45, 2.75) is 18.4 Å². The summed E-state index contributed by atoms with van der Waals surface area (Å²) in [6.07, 6.45) is 0.0360. The first kappa shape index (κ1) is 23.8. The number of carboxylic acid groups (broad SMARTS) is 1. The maximum atomic E-state index is 14.2. The largest absolute Gasteiger partial charge is 0.476 e. The van der Waals surface area contributed by atoms with Crippen LogP contribution in [-0.2, 0) is 16.1 Å². The van der Waals surface area contributed by atoms with E-state index in [-0.39, 0.29) is 31.3 Å². The van der Waals surface area contributed by atoms with Crippen LogP contribution in [0, 0.1) is 0 Å². The number of rotatable bonds is 9. The summed E-state index contributed by atoms with van der Waals surface area (Å²) in [6, 6.07) is 15.4. The molecule has 2 aromatic carbocycles. The highest BCUT2D eigenvalue weighted by atomic mass is 19.3. The van der Waals surface area contributed by atoms with Crippen LogP contribution in [0.25, 0.3) is 11.1 Å². The molecule has 4 rings (SSSR count). The molecule has 0 saturated heterocycles. The molecule has 10 nitrogen and oxygen atoms in total. The fourth-order valence-electron chi connectivity index (χ4n) is 3.83. The second kappa shape index (κ2) is 9.87. The number of amides is 2. The van der Waals surface area contributed by atoms with Crippen LogP contribution in [-0.4, -0.2) is 63.7 Å². The standard InChI is InChI=1S/C23H21F2N5O5/c24-23(25,21(33)26-9-10-30-11-19(20(31)32)28-29-30)13-27-22(34)35-12-18-16-7-3-1-5-14(16)15-6-2-4-8-17(15)18/h1-8,11,18H,9-10,12-13H2,(H,26,33)(H,27,34)(H,31,32). The van der Waals surface area contributed by atoms with E-state index in [4.69, 9.17) is 9.84 Å². The summed E-state index contributed by atoms with van der Waals surface area (Å²) in [5.41, 5.74) is 3.72. The predicted molar refractivity (Wildman–Crippen MR) is 118 cm³/mol. The lowest BCUT2D eigenvalue weighted by Crippen LogP contribution is -2.48. The van der Waals surface area contributed by atoms with Crippen molar-refractivity contribution >= 4 is 18.0 Å². The van der Waals surface area contributed by atoms with Gasteiger partial charge in [-0.25, -0.2) is 14.3 Å². The van der Waals surface area contributed by atoms with Gasteiger partial charge in [-0.05, 0) is 22.3 Å². The van der Waals surface area contributed by atoms with E-state index in [0.717, 1.165) is 33.1 Å². The molecule has 2 amide bonds. The zero-order valence-electron chi connectivity index (χ0n) is 18.3. The highest BCUT2D eigenvalue weighted by Crippen LogP contribution is 2.44. The van der Waals surface area contributed by atoms with Crippen molar-refractivity contribution in [1.82, 2.24) is 25.6 Å². The molecule has 0 fully saturated rings. The Morgan fingerprint density at radius 2 is 1.66 bits per heavy atom. The molecule has 1 aromatic heterocycles. The van der Waals surface area contributed by atoms with Gasteiger partial charge >= 0.3 is 18.0 Å². The molecule has 1 aliphatic carbocycles. The summed E-state index contributed by atoms with van der Waals surface area (Å²) in [7, 11) is 0. The Bertz CT molecular complexity index is 1220. The van der Waals surface area contributed by atoms with Crippen LogP contribution in [0.4, 0.5) is 13.6 Å². The van der Waals surface area contributed by atoms with Gasteiger partial charge in [0, 0.05) is 12.5 Å². The number of carbonyl (C=O) groups is 3. The second-order valence-corrected chi connectivity index (χ2v) is 7.81. The number of carboxylic acids is 1. The molecular formula is C23H21F2N5O5. The van der Waals surface area contributed by atoms with Gasteiger partial charge in [-0.2, -0.15) is 8.78 Å². The van der Waals surface area contributed by atoms with Gasteiger partial charge in [-0.1, -0.05) is 53.7 Å². The molecule has 0 bridgehead atoms. The normalized spacial score (nSPS) is 12.5. The number of halogens is 2. The van der Waals surface area contributed by atoms with Crippen LogP contribution in [0.15, 0.2) is 54.7 Å². The molecule has 1 aliphatic rings. The van der Waals surface area contributed by atoms with Crippen LogP contribution in [0.3, 0.4) is 0 Å². The van der Waals surface area contributed by atoms with E-state index in [1.807, 2.05) is 59.2 Å². The first-order valence-corrected chi connectivity index (χ1v) is 10.6. The Hall–Kier alpha value is -4.35. The van der Waals surface area contributed by atoms with Gasteiger partial charge in [-0.15, -0.1) is 5.10 Å². The molecule has 0 aliphatic heterocycles. The van der Waals surface area contributed by atoms with Gasteiger partial charge < -0.3 is 20.5 Å². The number of nitrogens with zero attached hydrogens (tertiary/aromatic N) is 3. The minimum atomic E-state index is -3.89. The summed E-state index contributed by atoms with van der Waals surface area (Å²) in [4.78, 5) is 34.7. The number of hydrogen-bond donors (Lipinski definition) is 3. The molecular weight excluding hydrogens is 464 g/mol. The van der Waals surface area contributed by atoms with E-state index in [9.17, 15) is 23.2 Å². The number of carbonyl (C=O) groups excluding carboxylic acids is 2. The number of fused-ring (bicyclic) bond motifs is 3. The average Bonchev–Trinajstić information content (AvgIpc) is 3.45. The van der Waals surface area contributed by atoms with E-state index < -0.39 is 30.4 Å². The predicted octanol–water partition coefficient (Wildman–Crippen LogP) is 2.27. The van der Waals surface area contributed by atoms with E-state index in [1.54, 1.807) is 0 Å². The molecule has 1 heterocycles. The van der Waals surface area contributed by atoms with E-state index in [1.165, 1.54) is 0 Å². The number of hydrogen-bond acceptors (Lipinski definition) is 6. The Kier molecular flexibility index (Phi) is 6.71. The Labute approximate surface area is 197 Å². The number of ether oxygens (including phenoxy) is 1. The first-order chi connectivity index (χ1) is 16.8. The molecule has 35 heavy (non-hydrogen) atoms. The van der Waals surface area contributed by atoms with Gasteiger partial charge in [0.15, 0.2) is 5.69 Å². The van der Waals surface area contributed by atoms with Crippen molar-refractivity contribution in [1.29, 1.82) is 0 Å². The summed E-state index contributed by atoms with van der Waals surface area (Å²) in [5, 5.41) is 19.6. The zero-order valence-corrected chi connectivity index (χ0v) is 18.3. The van der Waals surface area contributed by atoms with Crippen molar-refractivity contribution in [2.24, 2.45) is 0 Å². The van der Waals surface area contributed by atoms with Crippen molar-refractivity contribution in [3.05, 3.63) is 71.5 Å². The van der Waals surface area contributed by atoms with Crippen LogP contribution < -0.4 is 10.6 Å². The lowest BCUT2D eigenvalue weighted by molar-refractivity contribution is -0.144. The lowest BCUT2D eigenvalue weighted by atomic mass is 9.98. The molecule has 0 saturated carbocycles. The van der Waals surface area contributed by atoms with E-state index >= 15 is 0 Å². The average molecular weight is 485 g/mol. The molecule has 0 unspecified atom stereocenters. The molecule has 0 atom stereocenters. The maximum Gasteiger partial charge on any atom is 0.407 e. The molecule has 182 valence electrons. The third-order valence-corrected chi connectivity index (χ3v) is 5.51. The second-order valence-electron chi connectivity index (χ2n) is 7.81. The minimum Gasteiger partial charge on any atom is -0.476 e. The smallest absolute Gasteiger partial charge is 0.407 e. The number of aromatic nitrogens is 3. The summed E-state index contributed by atoms with van der Waals surface area (Å²) >= 11 is 0. The minimum absolute atomic E-state index is 0.0478. The van der Waals surface area contributed by atoms with Gasteiger partial charge in [-0.3, -0.25) is 4.79 Å². The topological polar surface area (TPSA) is 135 Å². The SMILES string of the molecule is O=C(NCC(F)(F)C(=O)NCCn1cc(C(=O)O)nn1)OCC1c2ccccc2-c2ccccc21. The van der Waals surface area contributed by atoms with Crippen molar-refractivity contribution < 1.29 is 33.0 Å². The third-order valence-electron chi connectivity index (χ3n) is 5.51. The number of alkyl halides is 2. The van der Waals surface area contributed by atoms with Crippen LogP contribution >= 0.6 is 0 Å². The number of nitrogens with one attached hydrogen (secondary N) is 2. The molecule has 0 spiro atoms. The zero-order chi connectivity index (χ0) is 25.0. The fraction of sp³-hybridized carbons (Fsp3) is 0.261. The molecule has 12 heteroatoms. The van der Waals surface area contributed by atoms with Crippen LogP contribution in [0.1, 0.15) is 27.5 Å². The van der Waals surface area contributed by atoms with Gasteiger partial charge in [0.05, 0.1) is 19.3 Å². The first-order valence-electron chi connectivity index (χ1n) is 10.6. The summed E-state index contributed by atoms with van der Waals surface area (Å²) in [5.74, 6) is -7.00. The fourth-order valence-corrected chi connectivity index (χ4v) is 3.83. The van der Waals surface area contributed by atoms with Crippen LogP contribution in [0.5, 0.6) is 0 Å². The Morgan fingerprint density at radius 1 is 1.03 bits per heavy atom. The molecule has 3 aromatic rings. The Morgan fingerprint density at radius 3 is 2.26 bits per heavy atom. The number of benzene rings is 2. The van der Waals surface area contributed by atoms with Gasteiger partial charge in [0.25, 0.3) is 5.91 Å².